The number of hydrogen-bond donors (Lipinski definition) is 1. The van der Waals surface area contributed by atoms with Crippen LogP contribution in [0.3, 0.4) is 0 Å². The molecule has 1 aliphatic heterocycles. The monoisotopic (exact) mass is 428 g/mol. The normalized spacial score (nSPS) is 19.5. The van der Waals surface area contributed by atoms with Gasteiger partial charge < -0.3 is 15.0 Å². The first-order valence-electron chi connectivity index (χ1n) is 10.8. The van der Waals surface area contributed by atoms with Crippen molar-refractivity contribution in [2.75, 3.05) is 13.1 Å². The van der Waals surface area contributed by atoms with Crippen molar-refractivity contribution in [1.29, 1.82) is 0 Å². The van der Waals surface area contributed by atoms with Crippen molar-refractivity contribution in [2.24, 2.45) is 5.92 Å². The Labute approximate surface area is 182 Å². The molecule has 8 nitrogen and oxygen atoms in total. The zero-order chi connectivity index (χ0) is 22.9. The Morgan fingerprint density at radius 1 is 1.19 bits per heavy atom. The summed E-state index contributed by atoms with van der Waals surface area (Å²) in [6, 6.07) is 6.77. The van der Waals surface area contributed by atoms with Crippen LogP contribution in [0.5, 0.6) is 0 Å². The Balaban J connectivity index is 1.78. The molecule has 31 heavy (non-hydrogen) atoms. The number of nitrogens with zero attached hydrogens (tertiary/aromatic N) is 3. The SMILES string of the molecule is CC(C)n1nc(C(=O)N[C@H]2CCN(C(=O)OC(C)(C)C)C[C@@H]2C)c2ccccc2c1=O. The molecule has 8 heteroatoms. The molecule has 1 aromatic heterocycles. The second kappa shape index (κ2) is 8.69. The second-order valence-electron chi connectivity index (χ2n) is 9.51. The van der Waals surface area contributed by atoms with Crippen molar-refractivity contribution in [3.05, 3.63) is 40.3 Å². The molecule has 2 amide bonds. The number of piperidine rings is 1. The highest BCUT2D eigenvalue weighted by Gasteiger charge is 2.32. The molecular weight excluding hydrogens is 396 g/mol. The summed E-state index contributed by atoms with van der Waals surface area (Å²) in [4.78, 5) is 39.9. The minimum absolute atomic E-state index is 0.0486. The van der Waals surface area contributed by atoms with Gasteiger partial charge >= 0.3 is 6.09 Å². The lowest BCUT2D eigenvalue weighted by Crippen LogP contribution is -2.52. The lowest BCUT2D eigenvalue weighted by atomic mass is 9.94. The molecule has 1 aliphatic rings. The van der Waals surface area contributed by atoms with E-state index in [1.165, 1.54) is 4.68 Å². The number of rotatable bonds is 3. The maximum Gasteiger partial charge on any atom is 0.410 e. The van der Waals surface area contributed by atoms with E-state index in [0.717, 1.165) is 0 Å². The van der Waals surface area contributed by atoms with Gasteiger partial charge in [-0.15, -0.1) is 0 Å². The van der Waals surface area contributed by atoms with Gasteiger partial charge in [0.05, 0.1) is 11.4 Å². The first-order valence-corrected chi connectivity index (χ1v) is 10.8. The molecule has 2 aromatic rings. The van der Waals surface area contributed by atoms with E-state index in [4.69, 9.17) is 4.74 Å². The maximum atomic E-state index is 13.2. The van der Waals surface area contributed by atoms with Crippen molar-refractivity contribution in [3.8, 4) is 0 Å². The van der Waals surface area contributed by atoms with Gasteiger partial charge in [-0.05, 0) is 53.0 Å². The molecule has 1 saturated heterocycles. The molecule has 0 bridgehead atoms. The number of amides is 2. The summed E-state index contributed by atoms with van der Waals surface area (Å²) in [5.41, 5.74) is -0.510. The van der Waals surface area contributed by atoms with E-state index < -0.39 is 5.60 Å². The van der Waals surface area contributed by atoms with Gasteiger partial charge in [0.2, 0.25) is 0 Å². The molecule has 1 fully saturated rings. The first-order chi connectivity index (χ1) is 14.5. The highest BCUT2D eigenvalue weighted by molar-refractivity contribution is 6.04. The van der Waals surface area contributed by atoms with E-state index in [0.29, 0.717) is 30.3 Å². The Bertz CT molecular complexity index is 1040. The van der Waals surface area contributed by atoms with Crippen molar-refractivity contribution >= 4 is 22.8 Å². The molecule has 0 spiro atoms. The van der Waals surface area contributed by atoms with Gasteiger partial charge in [0.1, 0.15) is 5.60 Å². The number of fused-ring (bicyclic) bond motifs is 1. The summed E-state index contributed by atoms with van der Waals surface area (Å²) in [6.45, 7) is 12.3. The number of ether oxygens (including phenoxy) is 1. The number of hydrogen-bond acceptors (Lipinski definition) is 5. The van der Waals surface area contributed by atoms with Gasteiger partial charge in [-0.3, -0.25) is 9.59 Å². The van der Waals surface area contributed by atoms with E-state index in [1.54, 1.807) is 29.2 Å². The van der Waals surface area contributed by atoms with Gasteiger partial charge in [-0.25, -0.2) is 9.48 Å². The van der Waals surface area contributed by atoms with Crippen LogP contribution < -0.4 is 10.9 Å². The number of benzene rings is 1. The lowest BCUT2D eigenvalue weighted by Gasteiger charge is -2.37. The molecule has 3 rings (SSSR count). The molecule has 1 N–H and O–H groups in total. The Hall–Kier alpha value is -2.90. The summed E-state index contributed by atoms with van der Waals surface area (Å²) in [6.07, 6.45) is 0.286. The van der Waals surface area contributed by atoms with Gasteiger partial charge in [-0.1, -0.05) is 25.1 Å². The number of carbonyl (C=O) groups excluding carboxylic acids is 2. The maximum absolute atomic E-state index is 13.2. The highest BCUT2D eigenvalue weighted by atomic mass is 16.6. The van der Waals surface area contributed by atoms with E-state index in [-0.39, 0.29) is 41.3 Å². The third-order valence-electron chi connectivity index (χ3n) is 5.41. The molecule has 2 atom stereocenters. The molecule has 0 saturated carbocycles. The van der Waals surface area contributed by atoms with Gasteiger partial charge in [0.25, 0.3) is 11.5 Å². The van der Waals surface area contributed by atoms with E-state index in [1.807, 2.05) is 41.5 Å². The summed E-state index contributed by atoms with van der Waals surface area (Å²) in [5.74, 6) is -0.263. The van der Waals surface area contributed by atoms with Crippen LogP contribution in [0.1, 0.15) is 64.5 Å². The topological polar surface area (TPSA) is 93.5 Å². The van der Waals surface area contributed by atoms with Crippen LogP contribution in [0.4, 0.5) is 4.79 Å². The van der Waals surface area contributed by atoms with Crippen LogP contribution in [-0.2, 0) is 4.74 Å². The fraction of sp³-hybridized carbons (Fsp3) is 0.565. The van der Waals surface area contributed by atoms with Gasteiger partial charge in [0.15, 0.2) is 5.69 Å². The Morgan fingerprint density at radius 2 is 1.84 bits per heavy atom. The van der Waals surface area contributed by atoms with Crippen LogP contribution in [0.15, 0.2) is 29.1 Å². The van der Waals surface area contributed by atoms with Crippen molar-refractivity contribution in [2.45, 2.75) is 65.6 Å². The predicted molar refractivity (Wildman–Crippen MR) is 119 cm³/mol. The lowest BCUT2D eigenvalue weighted by molar-refractivity contribution is 0.0145. The average Bonchev–Trinajstić information content (AvgIpc) is 2.68. The minimum Gasteiger partial charge on any atom is -0.444 e. The van der Waals surface area contributed by atoms with Crippen LogP contribution in [0, 0.1) is 5.92 Å². The number of nitrogens with one attached hydrogen (secondary N) is 1. The third kappa shape index (κ3) is 5.06. The van der Waals surface area contributed by atoms with Gasteiger partial charge in [0, 0.05) is 24.5 Å². The molecule has 0 radical (unpaired) electrons. The molecular formula is C23H32N4O4. The van der Waals surface area contributed by atoms with Crippen LogP contribution in [-0.4, -0.2) is 51.4 Å². The number of likely N-dealkylation sites (tertiary alicyclic amines) is 1. The first kappa shape index (κ1) is 22.8. The Kier molecular flexibility index (Phi) is 6.38. The quantitative estimate of drug-likeness (QED) is 0.809. The van der Waals surface area contributed by atoms with Crippen LogP contribution in [0.2, 0.25) is 0 Å². The van der Waals surface area contributed by atoms with E-state index >= 15 is 0 Å². The number of carbonyl (C=O) groups is 2. The van der Waals surface area contributed by atoms with Crippen LogP contribution >= 0.6 is 0 Å². The van der Waals surface area contributed by atoms with Crippen LogP contribution in [0.25, 0.3) is 10.8 Å². The molecule has 0 unspecified atom stereocenters. The zero-order valence-corrected chi connectivity index (χ0v) is 19.1. The largest absolute Gasteiger partial charge is 0.444 e. The second-order valence-corrected chi connectivity index (χ2v) is 9.51. The number of aromatic nitrogens is 2. The molecule has 2 heterocycles. The van der Waals surface area contributed by atoms with E-state index in [9.17, 15) is 14.4 Å². The summed E-state index contributed by atoms with van der Waals surface area (Å²) < 4.78 is 6.82. The van der Waals surface area contributed by atoms with E-state index in [2.05, 4.69) is 10.4 Å². The standard InChI is InChI=1S/C23H32N4O4/c1-14(2)27-21(29)17-10-8-7-9-16(17)19(25-27)20(28)24-18-11-12-26(13-15(18)3)22(30)31-23(4,5)6/h7-10,14-15,18H,11-13H2,1-6H3,(H,24,28)/t15-,18-/m0/s1. The molecule has 0 aliphatic carbocycles. The van der Waals surface area contributed by atoms with Crippen molar-refractivity contribution < 1.29 is 14.3 Å². The summed E-state index contributed by atoms with van der Waals surface area (Å²) >= 11 is 0. The highest BCUT2D eigenvalue weighted by Crippen LogP contribution is 2.21. The van der Waals surface area contributed by atoms with Gasteiger partial charge in [-0.2, -0.15) is 5.10 Å². The predicted octanol–water partition coefficient (Wildman–Crippen LogP) is 3.35. The third-order valence-corrected chi connectivity index (χ3v) is 5.41. The smallest absolute Gasteiger partial charge is 0.410 e. The minimum atomic E-state index is -0.544. The van der Waals surface area contributed by atoms with Crippen molar-refractivity contribution in [1.82, 2.24) is 20.0 Å². The fourth-order valence-corrected chi connectivity index (χ4v) is 3.81. The summed E-state index contributed by atoms with van der Waals surface area (Å²) in [5, 5.41) is 8.47. The summed E-state index contributed by atoms with van der Waals surface area (Å²) in [7, 11) is 0. The molecule has 168 valence electrons. The zero-order valence-electron chi connectivity index (χ0n) is 19.1. The van der Waals surface area contributed by atoms with Crippen molar-refractivity contribution in [3.63, 3.8) is 0 Å². The fourth-order valence-electron chi connectivity index (χ4n) is 3.81. The molecule has 1 aromatic carbocycles. The Morgan fingerprint density at radius 3 is 2.42 bits per heavy atom. The average molecular weight is 429 g/mol.